The Morgan fingerprint density at radius 2 is 2.38 bits per heavy atom. The Labute approximate surface area is 90.8 Å². The Morgan fingerprint density at radius 3 is 2.94 bits per heavy atom. The molecule has 0 saturated heterocycles. The monoisotopic (exact) mass is 222 g/mol. The molecule has 2 aromatic rings. The number of aliphatic hydroxyl groups excluding tert-OH is 1. The van der Waals surface area contributed by atoms with Crippen LogP contribution in [0.2, 0.25) is 0 Å². The molecule has 0 aliphatic rings. The van der Waals surface area contributed by atoms with Gasteiger partial charge in [-0.3, -0.25) is 0 Å². The van der Waals surface area contributed by atoms with Crippen molar-refractivity contribution >= 4 is 5.97 Å². The van der Waals surface area contributed by atoms with E-state index in [4.69, 9.17) is 9.52 Å². The average Bonchev–Trinajstić information content (AvgIpc) is 2.84. The molecule has 2 aromatic heterocycles. The van der Waals surface area contributed by atoms with E-state index in [1.165, 1.54) is 24.9 Å². The number of aromatic nitrogens is 2. The number of nitrogens with zero attached hydrogens (tertiary/aromatic N) is 2. The molecule has 0 radical (unpaired) electrons. The quantitative estimate of drug-likeness (QED) is 0.801. The number of carbonyl (C=O) groups is 1. The van der Waals surface area contributed by atoms with E-state index in [1.54, 1.807) is 11.6 Å². The lowest BCUT2D eigenvalue weighted by Crippen LogP contribution is -2.08. The first-order valence-electron chi connectivity index (χ1n) is 4.56. The van der Waals surface area contributed by atoms with Gasteiger partial charge in [-0.2, -0.15) is 0 Å². The first-order chi connectivity index (χ1) is 7.61. The van der Waals surface area contributed by atoms with Gasteiger partial charge in [-0.25, -0.2) is 9.78 Å². The first kappa shape index (κ1) is 10.4. The molecule has 0 fully saturated rings. The van der Waals surface area contributed by atoms with Crippen molar-refractivity contribution in [1.82, 2.24) is 9.55 Å². The fraction of sp³-hybridized carbons (Fsp3) is 0.200. The number of aliphatic hydroxyl groups is 1. The van der Waals surface area contributed by atoms with Gasteiger partial charge in [0, 0.05) is 7.05 Å². The lowest BCUT2D eigenvalue weighted by atomic mass is 10.1. The maximum absolute atomic E-state index is 10.8. The third-order valence-corrected chi connectivity index (χ3v) is 2.31. The predicted molar refractivity (Wildman–Crippen MR) is 52.9 cm³/mol. The minimum atomic E-state index is -1.13. The molecular weight excluding hydrogens is 212 g/mol. The van der Waals surface area contributed by atoms with Gasteiger partial charge >= 0.3 is 5.97 Å². The van der Waals surface area contributed by atoms with Crippen LogP contribution in [0.5, 0.6) is 0 Å². The summed E-state index contributed by atoms with van der Waals surface area (Å²) >= 11 is 0. The number of rotatable bonds is 3. The second-order valence-electron chi connectivity index (χ2n) is 3.34. The number of hydrogen-bond donors (Lipinski definition) is 2. The third kappa shape index (κ3) is 1.59. The maximum Gasteiger partial charge on any atom is 0.339 e. The number of furan rings is 1. The molecule has 2 rings (SSSR count). The molecular formula is C10H10N2O4. The summed E-state index contributed by atoms with van der Waals surface area (Å²) in [6, 6.07) is 1.30. The van der Waals surface area contributed by atoms with Gasteiger partial charge in [-0.1, -0.05) is 0 Å². The largest absolute Gasteiger partial charge is 0.478 e. The highest BCUT2D eigenvalue weighted by atomic mass is 16.4. The highest BCUT2D eigenvalue weighted by Gasteiger charge is 2.23. The fourth-order valence-corrected chi connectivity index (χ4v) is 1.47. The SMILES string of the molecule is Cn1cncc1C(O)c1occc1C(=O)O. The van der Waals surface area contributed by atoms with E-state index >= 15 is 0 Å². The van der Waals surface area contributed by atoms with Crippen molar-refractivity contribution in [3.05, 3.63) is 41.9 Å². The minimum Gasteiger partial charge on any atom is -0.478 e. The molecule has 0 spiro atoms. The van der Waals surface area contributed by atoms with Gasteiger partial charge in [0.2, 0.25) is 0 Å². The molecule has 2 N–H and O–H groups in total. The van der Waals surface area contributed by atoms with Gasteiger partial charge in [-0.15, -0.1) is 0 Å². The molecule has 0 bridgehead atoms. The van der Waals surface area contributed by atoms with Crippen LogP contribution in [-0.4, -0.2) is 25.7 Å². The van der Waals surface area contributed by atoms with Crippen molar-refractivity contribution in [2.45, 2.75) is 6.10 Å². The van der Waals surface area contributed by atoms with Crippen molar-refractivity contribution in [2.75, 3.05) is 0 Å². The van der Waals surface area contributed by atoms with E-state index in [0.29, 0.717) is 5.69 Å². The van der Waals surface area contributed by atoms with Gasteiger partial charge in [0.05, 0.1) is 24.5 Å². The standard InChI is InChI=1S/C10H10N2O4/c1-12-5-11-4-7(12)8(13)9-6(10(14)15)2-3-16-9/h2-5,8,13H,1H3,(H,14,15). The molecule has 0 amide bonds. The molecule has 0 saturated carbocycles. The molecule has 16 heavy (non-hydrogen) atoms. The normalized spacial score (nSPS) is 12.6. The molecule has 1 atom stereocenters. The Morgan fingerprint density at radius 1 is 1.62 bits per heavy atom. The summed E-state index contributed by atoms with van der Waals surface area (Å²) in [6.07, 6.45) is 3.08. The predicted octanol–water partition coefficient (Wildman–Crippen LogP) is 0.793. The van der Waals surface area contributed by atoms with Gasteiger partial charge in [0.25, 0.3) is 0 Å². The van der Waals surface area contributed by atoms with Gasteiger partial charge in [-0.05, 0) is 6.07 Å². The summed E-state index contributed by atoms with van der Waals surface area (Å²) in [7, 11) is 1.70. The Bertz CT molecular complexity index is 514. The number of aromatic carboxylic acids is 1. The van der Waals surface area contributed by atoms with Crippen LogP contribution in [-0.2, 0) is 7.05 Å². The zero-order valence-corrected chi connectivity index (χ0v) is 8.49. The number of hydrogen-bond acceptors (Lipinski definition) is 4. The van der Waals surface area contributed by atoms with Crippen molar-refractivity contribution in [2.24, 2.45) is 7.05 Å². The molecule has 1 unspecified atom stereocenters. The van der Waals surface area contributed by atoms with Crippen LogP contribution >= 0.6 is 0 Å². The number of aryl methyl sites for hydroxylation is 1. The highest BCUT2D eigenvalue weighted by molar-refractivity contribution is 5.88. The molecule has 0 aliphatic heterocycles. The van der Waals surface area contributed by atoms with Crippen molar-refractivity contribution < 1.29 is 19.4 Å². The number of carboxylic acid groups (broad SMARTS) is 1. The van der Waals surface area contributed by atoms with Crippen LogP contribution in [0.3, 0.4) is 0 Å². The summed E-state index contributed by atoms with van der Waals surface area (Å²) in [5.41, 5.74) is 0.422. The summed E-state index contributed by atoms with van der Waals surface area (Å²) in [5.74, 6) is -1.12. The molecule has 0 aliphatic carbocycles. The Hall–Kier alpha value is -2.08. The second-order valence-corrected chi connectivity index (χ2v) is 3.34. The van der Waals surface area contributed by atoms with Crippen LogP contribution in [0.1, 0.15) is 27.9 Å². The summed E-state index contributed by atoms with van der Waals surface area (Å²) < 4.78 is 6.59. The van der Waals surface area contributed by atoms with Gasteiger partial charge < -0.3 is 19.2 Å². The average molecular weight is 222 g/mol. The van der Waals surface area contributed by atoms with E-state index in [1.807, 2.05) is 0 Å². The zero-order valence-electron chi connectivity index (χ0n) is 8.49. The van der Waals surface area contributed by atoms with E-state index < -0.39 is 12.1 Å². The van der Waals surface area contributed by atoms with Crippen LogP contribution in [0, 0.1) is 0 Å². The smallest absolute Gasteiger partial charge is 0.339 e. The molecule has 6 heteroatoms. The van der Waals surface area contributed by atoms with Gasteiger partial charge in [0.15, 0.2) is 11.9 Å². The summed E-state index contributed by atoms with van der Waals surface area (Å²) in [6.45, 7) is 0. The first-order valence-corrected chi connectivity index (χ1v) is 4.56. The number of imidazole rings is 1. The molecule has 84 valence electrons. The second kappa shape index (κ2) is 3.82. The Kier molecular flexibility index (Phi) is 2.49. The van der Waals surface area contributed by atoms with Crippen LogP contribution in [0.15, 0.2) is 29.3 Å². The van der Waals surface area contributed by atoms with Gasteiger partial charge in [0.1, 0.15) is 5.56 Å². The number of carboxylic acids is 1. The maximum atomic E-state index is 10.8. The van der Waals surface area contributed by atoms with E-state index in [2.05, 4.69) is 4.98 Å². The van der Waals surface area contributed by atoms with Crippen molar-refractivity contribution in [3.63, 3.8) is 0 Å². The topological polar surface area (TPSA) is 88.5 Å². The minimum absolute atomic E-state index is 0.0103. The Balaban J connectivity index is 2.42. The highest BCUT2D eigenvalue weighted by Crippen LogP contribution is 2.25. The van der Waals surface area contributed by atoms with E-state index in [0.717, 1.165) is 0 Å². The van der Waals surface area contributed by atoms with Crippen molar-refractivity contribution in [3.8, 4) is 0 Å². The van der Waals surface area contributed by atoms with E-state index in [9.17, 15) is 9.90 Å². The van der Waals surface area contributed by atoms with Crippen LogP contribution < -0.4 is 0 Å². The summed E-state index contributed by atoms with van der Waals surface area (Å²) in [5, 5.41) is 18.8. The van der Waals surface area contributed by atoms with Crippen molar-refractivity contribution in [1.29, 1.82) is 0 Å². The fourth-order valence-electron chi connectivity index (χ4n) is 1.47. The molecule has 2 heterocycles. The summed E-state index contributed by atoms with van der Waals surface area (Å²) in [4.78, 5) is 14.7. The van der Waals surface area contributed by atoms with Crippen LogP contribution in [0.4, 0.5) is 0 Å². The third-order valence-electron chi connectivity index (χ3n) is 2.31. The van der Waals surface area contributed by atoms with Crippen LogP contribution in [0.25, 0.3) is 0 Å². The molecule has 6 nitrogen and oxygen atoms in total. The lowest BCUT2D eigenvalue weighted by molar-refractivity contribution is 0.0687. The van der Waals surface area contributed by atoms with E-state index in [-0.39, 0.29) is 11.3 Å². The zero-order chi connectivity index (χ0) is 11.7. The molecule has 0 aromatic carbocycles. The lowest BCUT2D eigenvalue weighted by Gasteiger charge is -2.09.